The summed E-state index contributed by atoms with van der Waals surface area (Å²) < 4.78 is 0.191. The number of likely N-dealkylation sites (N-methyl/N-ethyl adjacent to an activating group) is 1. The molecule has 0 amide bonds. The average Bonchev–Trinajstić information content (AvgIpc) is 2.34. The van der Waals surface area contributed by atoms with Crippen molar-refractivity contribution in [2.24, 2.45) is 0 Å². The molecule has 0 saturated heterocycles. The number of rotatable bonds is 7. The van der Waals surface area contributed by atoms with Gasteiger partial charge in [-0.15, -0.1) is 0 Å². The fourth-order valence-corrected chi connectivity index (χ4v) is 2.30. The highest BCUT2D eigenvalue weighted by Gasteiger charge is 2.46. The quantitative estimate of drug-likeness (QED) is 0.625. The number of carboxylic acids is 1. The molecule has 6 nitrogen and oxygen atoms in total. The lowest BCUT2D eigenvalue weighted by Crippen LogP contribution is -2.56. The Balaban J connectivity index is 3.08. The molecular weight excluding hydrogens is 274 g/mol. The van der Waals surface area contributed by atoms with Crippen LogP contribution < -0.4 is 0 Å². The molecule has 6 heteroatoms. The average molecular weight is 296 g/mol. The first-order valence-corrected chi connectivity index (χ1v) is 6.57. The molecule has 0 spiro atoms. The number of carbonyl (C=O) groups is 2. The normalized spacial score (nSPS) is 16.0. The molecule has 0 aliphatic rings. The number of quaternary nitrogens is 1. The number of carboxylic acid groups (broad SMARTS) is 1. The lowest BCUT2D eigenvalue weighted by atomic mass is 9.87. The molecule has 0 aromatic heterocycles. The highest BCUT2D eigenvalue weighted by molar-refractivity contribution is 5.94. The summed E-state index contributed by atoms with van der Waals surface area (Å²) in [7, 11) is 5.19. The van der Waals surface area contributed by atoms with Crippen LogP contribution in [0, 0.1) is 0 Å². The summed E-state index contributed by atoms with van der Waals surface area (Å²) >= 11 is 0. The molecule has 0 saturated carbocycles. The Morgan fingerprint density at radius 2 is 1.71 bits per heavy atom. The van der Waals surface area contributed by atoms with Crippen molar-refractivity contribution >= 4 is 11.8 Å². The summed E-state index contributed by atoms with van der Waals surface area (Å²) in [5.41, 5.74) is -1.80. The molecular formula is C15H22NO5+. The van der Waals surface area contributed by atoms with E-state index in [4.69, 9.17) is 5.11 Å². The zero-order valence-electron chi connectivity index (χ0n) is 12.5. The number of benzene rings is 1. The number of Topliss-reactive ketones (excluding diaryl/α,β-unsaturated/α-hetero) is 1. The maximum atomic E-state index is 12.4. The van der Waals surface area contributed by atoms with Gasteiger partial charge in [-0.3, -0.25) is 9.59 Å². The van der Waals surface area contributed by atoms with Crippen molar-refractivity contribution in [1.29, 1.82) is 0 Å². The topological polar surface area (TPSA) is 94.8 Å². The molecule has 0 bridgehead atoms. The van der Waals surface area contributed by atoms with Gasteiger partial charge in [-0.25, -0.2) is 0 Å². The lowest BCUT2D eigenvalue weighted by molar-refractivity contribution is -0.875. The molecule has 0 fully saturated rings. The number of hydrogen-bond acceptors (Lipinski definition) is 4. The molecule has 2 atom stereocenters. The van der Waals surface area contributed by atoms with Crippen molar-refractivity contribution in [2.75, 3.05) is 27.7 Å². The van der Waals surface area contributed by atoms with Crippen LogP contribution in [-0.4, -0.2) is 64.8 Å². The van der Waals surface area contributed by atoms with Gasteiger partial charge < -0.3 is 19.8 Å². The predicted octanol–water partition coefficient (Wildman–Crippen LogP) is 0.201. The van der Waals surface area contributed by atoms with E-state index in [1.807, 2.05) is 0 Å². The molecule has 0 aliphatic heterocycles. The molecule has 2 unspecified atom stereocenters. The van der Waals surface area contributed by atoms with E-state index >= 15 is 0 Å². The summed E-state index contributed by atoms with van der Waals surface area (Å²) in [6.07, 6.45) is -2.30. The minimum Gasteiger partial charge on any atom is -0.481 e. The monoisotopic (exact) mass is 296 g/mol. The van der Waals surface area contributed by atoms with E-state index < -0.39 is 29.9 Å². The number of nitrogens with zero attached hydrogens (tertiary/aromatic N) is 1. The van der Waals surface area contributed by atoms with Crippen molar-refractivity contribution in [3.05, 3.63) is 35.9 Å². The second-order valence-corrected chi connectivity index (χ2v) is 6.23. The van der Waals surface area contributed by atoms with Gasteiger partial charge in [0.2, 0.25) is 5.78 Å². The largest absolute Gasteiger partial charge is 0.481 e. The second-order valence-electron chi connectivity index (χ2n) is 6.23. The number of hydrogen-bond donors (Lipinski definition) is 3. The van der Waals surface area contributed by atoms with Gasteiger partial charge in [-0.05, 0) is 5.56 Å². The minimum atomic E-state index is -2.13. The van der Waals surface area contributed by atoms with Crippen LogP contribution in [0.25, 0.3) is 0 Å². The van der Waals surface area contributed by atoms with E-state index in [2.05, 4.69) is 0 Å². The first kappa shape index (κ1) is 17.3. The van der Waals surface area contributed by atoms with Crippen molar-refractivity contribution in [3.63, 3.8) is 0 Å². The third-order valence-electron chi connectivity index (χ3n) is 3.00. The van der Waals surface area contributed by atoms with Gasteiger partial charge in [0, 0.05) is 0 Å². The fourth-order valence-electron chi connectivity index (χ4n) is 2.30. The summed E-state index contributed by atoms with van der Waals surface area (Å²) in [5, 5.41) is 29.6. The Labute approximate surface area is 123 Å². The van der Waals surface area contributed by atoms with E-state index in [1.54, 1.807) is 51.5 Å². The van der Waals surface area contributed by atoms with Crippen molar-refractivity contribution < 1.29 is 29.4 Å². The summed E-state index contributed by atoms with van der Waals surface area (Å²) in [6, 6.07) is 8.14. The Morgan fingerprint density at radius 1 is 1.19 bits per heavy atom. The minimum absolute atomic E-state index is 0.109. The van der Waals surface area contributed by atoms with Crippen LogP contribution in [0.2, 0.25) is 0 Å². The number of aliphatic hydroxyl groups is 2. The number of aliphatic hydroxyl groups excluding tert-OH is 1. The van der Waals surface area contributed by atoms with Crippen molar-refractivity contribution in [3.8, 4) is 0 Å². The van der Waals surface area contributed by atoms with Gasteiger partial charge in [0.05, 0.1) is 27.6 Å². The van der Waals surface area contributed by atoms with E-state index in [0.29, 0.717) is 5.56 Å². The first-order valence-electron chi connectivity index (χ1n) is 6.57. The Kier molecular flexibility index (Phi) is 5.22. The van der Waals surface area contributed by atoms with Crippen LogP contribution in [0.15, 0.2) is 30.3 Å². The second kappa shape index (κ2) is 6.34. The third-order valence-corrected chi connectivity index (χ3v) is 3.00. The highest BCUT2D eigenvalue weighted by atomic mass is 16.4. The fraction of sp³-hybridized carbons (Fsp3) is 0.467. The van der Waals surface area contributed by atoms with Crippen LogP contribution in [0.4, 0.5) is 0 Å². The highest BCUT2D eigenvalue weighted by Crippen LogP contribution is 2.25. The smallest absolute Gasteiger partial charge is 0.306 e. The van der Waals surface area contributed by atoms with E-state index in [0.717, 1.165) is 0 Å². The van der Waals surface area contributed by atoms with Crippen LogP contribution >= 0.6 is 0 Å². The van der Waals surface area contributed by atoms with Crippen LogP contribution in [0.1, 0.15) is 18.1 Å². The number of aliphatic carboxylic acids is 1. The molecule has 1 rings (SSSR count). The Morgan fingerprint density at radius 3 is 2.14 bits per heavy atom. The molecule has 0 aliphatic carbocycles. The zero-order chi connectivity index (χ0) is 16.3. The van der Waals surface area contributed by atoms with Gasteiger partial charge in [-0.1, -0.05) is 30.3 Å². The lowest BCUT2D eigenvalue weighted by Gasteiger charge is -2.34. The molecule has 21 heavy (non-hydrogen) atoms. The molecule has 1 aromatic rings. The standard InChI is InChI=1S/C15H21NO5/c1-16(2,3)10-15(21,9-12(17)18)14(20)13(19)11-7-5-4-6-8-11/h4-8,13,19,21H,9-10H2,1-3H3/p+1. The summed E-state index contributed by atoms with van der Waals surface area (Å²) in [5.74, 6) is -2.19. The summed E-state index contributed by atoms with van der Waals surface area (Å²) in [6.45, 7) is -0.109. The SMILES string of the molecule is C[N+](C)(C)CC(O)(CC(=O)O)C(=O)C(O)c1ccccc1. The Hall–Kier alpha value is -1.76. The Bertz CT molecular complexity index is 509. The van der Waals surface area contributed by atoms with Gasteiger partial charge in [0.15, 0.2) is 5.60 Å². The summed E-state index contributed by atoms with van der Waals surface area (Å²) in [4.78, 5) is 23.4. The number of carbonyl (C=O) groups excluding carboxylic acids is 1. The van der Waals surface area contributed by atoms with E-state index in [9.17, 15) is 19.8 Å². The molecule has 0 heterocycles. The van der Waals surface area contributed by atoms with Gasteiger partial charge in [-0.2, -0.15) is 0 Å². The van der Waals surface area contributed by atoms with Crippen molar-refractivity contribution in [2.45, 2.75) is 18.1 Å². The predicted molar refractivity (Wildman–Crippen MR) is 76.5 cm³/mol. The van der Waals surface area contributed by atoms with Crippen LogP contribution in [-0.2, 0) is 9.59 Å². The number of ketones is 1. The first-order chi connectivity index (χ1) is 9.55. The van der Waals surface area contributed by atoms with Gasteiger partial charge >= 0.3 is 5.97 Å². The van der Waals surface area contributed by atoms with Crippen LogP contribution in [0.3, 0.4) is 0 Å². The van der Waals surface area contributed by atoms with Gasteiger partial charge in [0.25, 0.3) is 0 Å². The molecule has 3 N–H and O–H groups in total. The third kappa shape index (κ3) is 4.93. The van der Waals surface area contributed by atoms with Crippen molar-refractivity contribution in [1.82, 2.24) is 0 Å². The van der Waals surface area contributed by atoms with Crippen LogP contribution in [0.5, 0.6) is 0 Å². The van der Waals surface area contributed by atoms with E-state index in [-0.39, 0.29) is 11.0 Å². The molecule has 0 radical (unpaired) electrons. The maximum Gasteiger partial charge on any atom is 0.306 e. The van der Waals surface area contributed by atoms with Gasteiger partial charge in [0.1, 0.15) is 12.6 Å². The molecule has 116 valence electrons. The van der Waals surface area contributed by atoms with E-state index in [1.165, 1.54) is 0 Å². The molecule has 1 aromatic carbocycles. The zero-order valence-corrected chi connectivity index (χ0v) is 12.5. The maximum absolute atomic E-state index is 12.4.